The quantitative estimate of drug-likeness (QED) is 0.334. The van der Waals surface area contributed by atoms with Gasteiger partial charge in [-0.3, -0.25) is 0 Å². The van der Waals surface area contributed by atoms with Gasteiger partial charge in [0.1, 0.15) is 0 Å². The largest absolute Gasteiger partial charge is 0.478 e. The second-order valence-electron chi connectivity index (χ2n) is 5.72. The Morgan fingerprint density at radius 1 is 1.05 bits per heavy atom. The molecule has 1 aromatic carbocycles. The van der Waals surface area contributed by atoms with Crippen LogP contribution in [-0.4, -0.2) is 11.1 Å². The highest BCUT2D eigenvalue weighted by atomic mass is 16.4. The summed E-state index contributed by atoms with van der Waals surface area (Å²) in [6, 6.07) is 10.00. The number of benzene rings is 1. The summed E-state index contributed by atoms with van der Waals surface area (Å²) in [5.41, 5.74) is 2.49. The Labute approximate surface area is 134 Å². The summed E-state index contributed by atoms with van der Waals surface area (Å²) in [6.07, 6.45) is 12.1. The summed E-state index contributed by atoms with van der Waals surface area (Å²) in [4.78, 5) is 11.2. The van der Waals surface area contributed by atoms with Gasteiger partial charge in [0.05, 0.1) is 0 Å². The molecule has 0 aromatic heterocycles. The maximum Gasteiger partial charge on any atom is 0.331 e. The molecule has 0 unspecified atom stereocenters. The smallest absolute Gasteiger partial charge is 0.331 e. The first-order valence-corrected chi connectivity index (χ1v) is 8.31. The summed E-state index contributed by atoms with van der Waals surface area (Å²) >= 11 is 0. The van der Waals surface area contributed by atoms with E-state index < -0.39 is 5.97 Å². The first kappa shape index (κ1) is 18.2. The molecule has 0 amide bonds. The molecular formula is C20H28O2. The highest BCUT2D eigenvalue weighted by molar-refractivity contribution is 5.87. The molecule has 1 rings (SSSR count). The monoisotopic (exact) mass is 300 g/mol. The molecule has 1 aromatic rings. The van der Waals surface area contributed by atoms with Crippen LogP contribution in [0.25, 0.3) is 6.08 Å². The zero-order chi connectivity index (χ0) is 16.2. The van der Waals surface area contributed by atoms with Crippen LogP contribution in [0.1, 0.15) is 64.4 Å². The van der Waals surface area contributed by atoms with Crippen LogP contribution in [-0.2, 0) is 4.79 Å². The van der Waals surface area contributed by atoms with Gasteiger partial charge >= 0.3 is 5.97 Å². The summed E-state index contributed by atoms with van der Waals surface area (Å²) in [7, 11) is 0. The zero-order valence-electron chi connectivity index (χ0n) is 13.8. The molecule has 0 fully saturated rings. The van der Waals surface area contributed by atoms with Crippen LogP contribution in [0.4, 0.5) is 0 Å². The van der Waals surface area contributed by atoms with E-state index >= 15 is 0 Å². The van der Waals surface area contributed by atoms with Crippen molar-refractivity contribution in [2.24, 2.45) is 0 Å². The normalized spacial score (nSPS) is 12.5. The molecule has 0 aliphatic rings. The van der Waals surface area contributed by atoms with Crippen LogP contribution < -0.4 is 0 Å². The average molecular weight is 300 g/mol. The molecule has 0 bridgehead atoms. The third-order valence-corrected chi connectivity index (χ3v) is 3.88. The van der Waals surface area contributed by atoms with Crippen LogP contribution in [0.2, 0.25) is 0 Å². The highest BCUT2D eigenvalue weighted by Crippen LogP contribution is 2.18. The van der Waals surface area contributed by atoms with Gasteiger partial charge in [0.2, 0.25) is 0 Å². The molecule has 0 aliphatic heterocycles. The summed E-state index contributed by atoms with van der Waals surface area (Å²) in [5.74, 6) is -0.821. The van der Waals surface area contributed by atoms with Gasteiger partial charge < -0.3 is 5.11 Å². The van der Waals surface area contributed by atoms with E-state index in [0.717, 1.165) is 24.0 Å². The maximum atomic E-state index is 11.2. The Balaban J connectivity index is 2.60. The molecule has 0 heterocycles. The fourth-order valence-corrected chi connectivity index (χ4v) is 2.39. The topological polar surface area (TPSA) is 37.3 Å². The zero-order valence-corrected chi connectivity index (χ0v) is 13.8. The summed E-state index contributed by atoms with van der Waals surface area (Å²) in [5, 5.41) is 9.23. The molecule has 0 aliphatic carbocycles. The van der Waals surface area contributed by atoms with Crippen LogP contribution in [0.15, 0.2) is 47.6 Å². The van der Waals surface area contributed by atoms with Crippen molar-refractivity contribution in [2.45, 2.75) is 58.8 Å². The van der Waals surface area contributed by atoms with Gasteiger partial charge in [-0.15, -0.1) is 0 Å². The van der Waals surface area contributed by atoms with E-state index in [4.69, 9.17) is 0 Å². The van der Waals surface area contributed by atoms with Gasteiger partial charge in [0.15, 0.2) is 0 Å². The minimum Gasteiger partial charge on any atom is -0.478 e. The fraction of sp³-hybridized carbons (Fsp3) is 0.450. The number of carbonyl (C=O) groups is 1. The lowest BCUT2D eigenvalue weighted by Crippen LogP contribution is -2.00. The van der Waals surface area contributed by atoms with E-state index in [1.54, 1.807) is 6.92 Å². The number of unbranched alkanes of at least 4 members (excludes halogenated alkanes) is 5. The molecular weight excluding hydrogens is 272 g/mol. The van der Waals surface area contributed by atoms with E-state index in [9.17, 15) is 9.90 Å². The molecule has 0 saturated heterocycles. The standard InChI is InChI=1S/C20H28O2/c1-3-4-5-6-7-11-14-19(17(2)20(21)22)16-15-18-12-9-8-10-13-18/h8-10,12-13,15-16H,3-7,11,14H2,1-2H3,(H,21,22). The van der Waals surface area contributed by atoms with Gasteiger partial charge in [-0.1, -0.05) is 81.5 Å². The predicted octanol–water partition coefficient (Wildman–Crippen LogP) is 5.85. The Kier molecular flexibility index (Phi) is 8.97. The van der Waals surface area contributed by atoms with E-state index in [-0.39, 0.29) is 0 Å². The number of rotatable bonds is 10. The second-order valence-corrected chi connectivity index (χ2v) is 5.72. The van der Waals surface area contributed by atoms with Crippen LogP contribution in [0.5, 0.6) is 0 Å². The Bertz CT molecular complexity index is 498. The molecule has 1 N–H and O–H groups in total. The molecule has 2 heteroatoms. The Morgan fingerprint density at radius 2 is 1.68 bits per heavy atom. The van der Waals surface area contributed by atoms with Crippen molar-refractivity contribution in [3.8, 4) is 0 Å². The minimum absolute atomic E-state index is 0.459. The van der Waals surface area contributed by atoms with E-state index in [1.807, 2.05) is 42.5 Å². The van der Waals surface area contributed by atoms with Crippen molar-refractivity contribution in [2.75, 3.05) is 0 Å². The fourth-order valence-electron chi connectivity index (χ4n) is 2.39. The van der Waals surface area contributed by atoms with E-state index in [0.29, 0.717) is 5.57 Å². The van der Waals surface area contributed by atoms with Gasteiger partial charge in [0, 0.05) is 5.57 Å². The first-order chi connectivity index (χ1) is 10.6. The van der Waals surface area contributed by atoms with Crippen molar-refractivity contribution >= 4 is 12.0 Å². The highest BCUT2D eigenvalue weighted by Gasteiger charge is 2.06. The van der Waals surface area contributed by atoms with Crippen molar-refractivity contribution in [1.29, 1.82) is 0 Å². The van der Waals surface area contributed by atoms with Gasteiger partial charge in [0.25, 0.3) is 0 Å². The van der Waals surface area contributed by atoms with Crippen LogP contribution in [0.3, 0.4) is 0 Å². The van der Waals surface area contributed by atoms with Gasteiger partial charge in [-0.2, -0.15) is 0 Å². The molecule has 22 heavy (non-hydrogen) atoms. The SMILES string of the molecule is CCCCCCCCC(C=Cc1ccccc1)=C(C)C(=O)O. The minimum atomic E-state index is -0.821. The van der Waals surface area contributed by atoms with Gasteiger partial charge in [-0.05, 0) is 30.9 Å². The van der Waals surface area contributed by atoms with Gasteiger partial charge in [-0.25, -0.2) is 4.79 Å². The number of hydrogen-bond donors (Lipinski definition) is 1. The summed E-state index contributed by atoms with van der Waals surface area (Å²) < 4.78 is 0. The lowest BCUT2D eigenvalue weighted by Gasteiger charge is -2.06. The molecule has 0 atom stereocenters. The number of allylic oxidation sites excluding steroid dienone is 2. The Hall–Kier alpha value is -1.83. The van der Waals surface area contributed by atoms with Crippen molar-refractivity contribution in [3.63, 3.8) is 0 Å². The molecule has 0 radical (unpaired) electrons. The number of carboxylic acid groups (broad SMARTS) is 1. The van der Waals surface area contributed by atoms with Crippen molar-refractivity contribution < 1.29 is 9.90 Å². The third kappa shape index (κ3) is 7.26. The Morgan fingerprint density at radius 3 is 2.32 bits per heavy atom. The lowest BCUT2D eigenvalue weighted by atomic mass is 10.00. The average Bonchev–Trinajstić information content (AvgIpc) is 2.53. The number of carboxylic acids is 1. The molecule has 120 valence electrons. The second kappa shape index (κ2) is 10.8. The third-order valence-electron chi connectivity index (χ3n) is 3.88. The maximum absolute atomic E-state index is 11.2. The van der Waals surface area contributed by atoms with E-state index in [1.165, 1.54) is 32.1 Å². The molecule has 0 saturated carbocycles. The van der Waals surface area contributed by atoms with E-state index in [2.05, 4.69) is 6.92 Å². The predicted molar refractivity (Wildman–Crippen MR) is 93.8 cm³/mol. The number of hydrogen-bond acceptors (Lipinski definition) is 1. The number of aliphatic carboxylic acids is 1. The molecule has 0 spiro atoms. The van der Waals surface area contributed by atoms with Crippen molar-refractivity contribution in [1.82, 2.24) is 0 Å². The molecule has 2 nitrogen and oxygen atoms in total. The lowest BCUT2D eigenvalue weighted by molar-refractivity contribution is -0.132. The van der Waals surface area contributed by atoms with Crippen molar-refractivity contribution in [3.05, 3.63) is 53.1 Å². The first-order valence-electron chi connectivity index (χ1n) is 8.31. The van der Waals surface area contributed by atoms with Crippen LogP contribution >= 0.6 is 0 Å². The summed E-state index contributed by atoms with van der Waals surface area (Å²) in [6.45, 7) is 3.91. The van der Waals surface area contributed by atoms with Crippen LogP contribution in [0, 0.1) is 0 Å².